The monoisotopic (exact) mass is 317 g/mol. The van der Waals surface area contributed by atoms with Crippen molar-refractivity contribution in [2.75, 3.05) is 13.1 Å². The average Bonchev–Trinajstić information content (AvgIpc) is 2.81. The Hall–Kier alpha value is -1.39. The van der Waals surface area contributed by atoms with Crippen LogP contribution in [0.2, 0.25) is 0 Å². The number of nitrogens with zero attached hydrogens (tertiary/aromatic N) is 1. The maximum Gasteiger partial charge on any atom is 0.237 e. The maximum atomic E-state index is 12.1. The van der Waals surface area contributed by atoms with Crippen LogP contribution in [0, 0.1) is 5.92 Å². The second-order valence-electron chi connectivity index (χ2n) is 6.95. The highest BCUT2D eigenvalue weighted by Crippen LogP contribution is 2.16. The van der Waals surface area contributed by atoms with E-state index in [9.17, 15) is 4.79 Å². The molecule has 1 aliphatic rings. The Morgan fingerprint density at radius 2 is 1.74 bits per heavy atom. The maximum absolute atomic E-state index is 12.1. The van der Waals surface area contributed by atoms with Crippen molar-refractivity contribution in [3.05, 3.63) is 35.4 Å². The molecule has 0 aromatic heterocycles. The number of amides is 1. The third-order valence-corrected chi connectivity index (χ3v) is 4.69. The molecular weight excluding hydrogens is 286 g/mol. The van der Waals surface area contributed by atoms with Gasteiger partial charge in [0, 0.05) is 13.1 Å². The molecule has 4 heteroatoms. The molecule has 1 amide bonds. The van der Waals surface area contributed by atoms with Crippen LogP contribution in [0.4, 0.5) is 0 Å². The van der Waals surface area contributed by atoms with Crippen molar-refractivity contribution in [1.29, 1.82) is 0 Å². The lowest BCUT2D eigenvalue weighted by Crippen LogP contribution is -2.43. The Kier molecular flexibility index (Phi) is 7.06. The molecule has 0 bridgehead atoms. The summed E-state index contributed by atoms with van der Waals surface area (Å²) in [5.74, 6) is 0.0897. The van der Waals surface area contributed by atoms with Gasteiger partial charge in [0.05, 0.1) is 6.04 Å². The van der Waals surface area contributed by atoms with Gasteiger partial charge in [0.25, 0.3) is 0 Å². The lowest BCUT2D eigenvalue weighted by atomic mass is 10.0. The third kappa shape index (κ3) is 5.63. The van der Waals surface area contributed by atoms with E-state index in [1.807, 2.05) is 19.9 Å². The first-order chi connectivity index (χ1) is 11.1. The summed E-state index contributed by atoms with van der Waals surface area (Å²) < 4.78 is 0. The number of carbonyl (C=O) groups excluding carboxylic acids is 1. The molecular formula is C19H31N3O. The predicted molar refractivity (Wildman–Crippen MR) is 94.8 cm³/mol. The van der Waals surface area contributed by atoms with Crippen molar-refractivity contribution in [2.24, 2.45) is 11.7 Å². The molecule has 23 heavy (non-hydrogen) atoms. The van der Waals surface area contributed by atoms with Crippen LogP contribution < -0.4 is 11.1 Å². The van der Waals surface area contributed by atoms with Crippen LogP contribution in [-0.2, 0) is 17.9 Å². The standard InChI is InChI=1S/C19H31N3O/c1-15(2)18(20)19(23)21-13-16-9-5-6-10-17(16)14-22-11-7-3-4-8-12-22/h5-6,9-10,15,18H,3-4,7-8,11-14,20H2,1-2H3,(H,21,23)/t18-/m0/s1. The van der Waals surface area contributed by atoms with Gasteiger partial charge in [0.15, 0.2) is 0 Å². The van der Waals surface area contributed by atoms with Crippen LogP contribution in [0.25, 0.3) is 0 Å². The van der Waals surface area contributed by atoms with Crippen LogP contribution in [-0.4, -0.2) is 29.9 Å². The minimum absolute atomic E-state index is 0.0652. The number of likely N-dealkylation sites (tertiary alicyclic amines) is 1. The fourth-order valence-electron chi connectivity index (χ4n) is 3.02. The first kappa shape index (κ1) is 18.0. The van der Waals surface area contributed by atoms with E-state index in [2.05, 4.69) is 28.4 Å². The molecule has 4 nitrogen and oxygen atoms in total. The summed E-state index contributed by atoms with van der Waals surface area (Å²) in [6.07, 6.45) is 5.28. The Balaban J connectivity index is 1.95. The van der Waals surface area contributed by atoms with E-state index in [1.165, 1.54) is 49.9 Å². The number of carbonyl (C=O) groups is 1. The van der Waals surface area contributed by atoms with Gasteiger partial charge in [-0.3, -0.25) is 9.69 Å². The minimum atomic E-state index is -0.437. The molecule has 1 fully saturated rings. The highest BCUT2D eigenvalue weighted by atomic mass is 16.2. The number of benzene rings is 1. The quantitative estimate of drug-likeness (QED) is 0.848. The molecule has 1 aromatic rings. The van der Waals surface area contributed by atoms with E-state index in [0.29, 0.717) is 6.54 Å². The van der Waals surface area contributed by atoms with Gasteiger partial charge in [-0.1, -0.05) is 51.0 Å². The molecule has 0 saturated carbocycles. The van der Waals surface area contributed by atoms with Gasteiger partial charge in [-0.15, -0.1) is 0 Å². The normalized spacial score (nSPS) is 17.7. The Bertz CT molecular complexity index is 493. The topological polar surface area (TPSA) is 58.4 Å². The minimum Gasteiger partial charge on any atom is -0.351 e. The fraction of sp³-hybridized carbons (Fsp3) is 0.632. The van der Waals surface area contributed by atoms with Gasteiger partial charge in [-0.05, 0) is 43.0 Å². The number of nitrogens with two attached hydrogens (primary N) is 1. The smallest absolute Gasteiger partial charge is 0.237 e. The predicted octanol–water partition coefficient (Wildman–Crippen LogP) is 2.66. The number of nitrogens with one attached hydrogen (secondary N) is 1. The largest absolute Gasteiger partial charge is 0.351 e. The van der Waals surface area contributed by atoms with E-state index in [0.717, 1.165) is 6.54 Å². The van der Waals surface area contributed by atoms with E-state index in [4.69, 9.17) is 5.73 Å². The summed E-state index contributed by atoms with van der Waals surface area (Å²) in [6, 6.07) is 7.96. The zero-order valence-electron chi connectivity index (χ0n) is 14.6. The lowest BCUT2D eigenvalue weighted by Gasteiger charge is -2.22. The summed E-state index contributed by atoms with van der Waals surface area (Å²) in [6.45, 7) is 7.83. The number of hydrogen-bond donors (Lipinski definition) is 2. The zero-order chi connectivity index (χ0) is 16.7. The first-order valence-electron chi connectivity index (χ1n) is 8.90. The number of hydrogen-bond acceptors (Lipinski definition) is 3. The van der Waals surface area contributed by atoms with Gasteiger partial charge in [-0.25, -0.2) is 0 Å². The van der Waals surface area contributed by atoms with E-state index >= 15 is 0 Å². The molecule has 1 saturated heterocycles. The van der Waals surface area contributed by atoms with Crippen LogP contribution in [0.5, 0.6) is 0 Å². The Labute approximate surface area is 140 Å². The lowest BCUT2D eigenvalue weighted by molar-refractivity contribution is -0.123. The van der Waals surface area contributed by atoms with Crippen LogP contribution >= 0.6 is 0 Å². The van der Waals surface area contributed by atoms with E-state index in [1.54, 1.807) is 0 Å². The van der Waals surface area contributed by atoms with Crippen molar-refractivity contribution in [1.82, 2.24) is 10.2 Å². The summed E-state index contributed by atoms with van der Waals surface area (Å²) in [5, 5.41) is 2.99. The van der Waals surface area contributed by atoms with Crippen molar-refractivity contribution in [3.8, 4) is 0 Å². The number of rotatable bonds is 6. The third-order valence-electron chi connectivity index (χ3n) is 4.69. The second-order valence-corrected chi connectivity index (χ2v) is 6.95. The molecule has 1 atom stereocenters. The molecule has 0 spiro atoms. The first-order valence-corrected chi connectivity index (χ1v) is 8.90. The second kappa shape index (κ2) is 9.04. The average molecular weight is 317 g/mol. The van der Waals surface area contributed by atoms with Crippen LogP contribution in [0.1, 0.15) is 50.7 Å². The zero-order valence-corrected chi connectivity index (χ0v) is 14.6. The SMILES string of the molecule is CC(C)[C@H](N)C(=O)NCc1ccccc1CN1CCCCCC1. The van der Waals surface area contributed by atoms with Gasteiger partial charge < -0.3 is 11.1 Å². The summed E-state index contributed by atoms with van der Waals surface area (Å²) in [5.41, 5.74) is 8.42. The molecule has 1 aromatic carbocycles. The van der Waals surface area contributed by atoms with Gasteiger partial charge in [0.2, 0.25) is 5.91 Å². The summed E-state index contributed by atoms with van der Waals surface area (Å²) in [4.78, 5) is 14.6. The van der Waals surface area contributed by atoms with Gasteiger partial charge in [-0.2, -0.15) is 0 Å². The molecule has 1 aliphatic heterocycles. The van der Waals surface area contributed by atoms with E-state index < -0.39 is 6.04 Å². The molecule has 3 N–H and O–H groups in total. The van der Waals surface area contributed by atoms with Crippen molar-refractivity contribution in [3.63, 3.8) is 0 Å². The molecule has 2 rings (SSSR count). The molecule has 1 heterocycles. The van der Waals surface area contributed by atoms with Gasteiger partial charge in [0.1, 0.15) is 0 Å². The summed E-state index contributed by atoms with van der Waals surface area (Å²) >= 11 is 0. The van der Waals surface area contributed by atoms with Crippen molar-refractivity contribution < 1.29 is 4.79 Å². The molecule has 0 unspecified atom stereocenters. The Morgan fingerprint density at radius 3 is 2.35 bits per heavy atom. The van der Waals surface area contributed by atoms with Gasteiger partial charge >= 0.3 is 0 Å². The molecule has 0 radical (unpaired) electrons. The highest BCUT2D eigenvalue weighted by molar-refractivity contribution is 5.81. The van der Waals surface area contributed by atoms with Crippen LogP contribution in [0.15, 0.2) is 24.3 Å². The fourth-order valence-corrected chi connectivity index (χ4v) is 3.02. The summed E-state index contributed by atoms with van der Waals surface area (Å²) in [7, 11) is 0. The highest BCUT2D eigenvalue weighted by Gasteiger charge is 2.17. The van der Waals surface area contributed by atoms with Crippen LogP contribution in [0.3, 0.4) is 0 Å². The van der Waals surface area contributed by atoms with E-state index in [-0.39, 0.29) is 11.8 Å². The molecule has 0 aliphatic carbocycles. The molecule has 128 valence electrons. The Morgan fingerprint density at radius 1 is 1.13 bits per heavy atom. The van der Waals surface area contributed by atoms with Crippen molar-refractivity contribution in [2.45, 2.75) is 58.7 Å². The van der Waals surface area contributed by atoms with Crippen molar-refractivity contribution >= 4 is 5.91 Å².